The number of aromatic nitrogens is 2. The Kier molecular flexibility index (Phi) is 2.92. The van der Waals surface area contributed by atoms with Crippen molar-refractivity contribution in [3.05, 3.63) is 28.6 Å². The Morgan fingerprint density at radius 2 is 2.60 bits per heavy atom. The van der Waals surface area contributed by atoms with Gasteiger partial charge in [-0.25, -0.2) is 0 Å². The zero-order valence-corrected chi connectivity index (χ0v) is 7.78. The second-order valence-electron chi connectivity index (χ2n) is 1.98. The molecule has 3 heteroatoms. The van der Waals surface area contributed by atoms with Gasteiger partial charge >= 0.3 is 0 Å². The lowest BCUT2D eigenvalue weighted by molar-refractivity contribution is 0.620. The van der Waals surface area contributed by atoms with Crippen LogP contribution in [0.1, 0.15) is 6.42 Å². The number of hydrogen-bond donors (Lipinski definition) is 0. The van der Waals surface area contributed by atoms with Gasteiger partial charge in [-0.05, 0) is 35.1 Å². The number of rotatable bonds is 3. The van der Waals surface area contributed by atoms with Gasteiger partial charge in [0.2, 0.25) is 0 Å². The summed E-state index contributed by atoms with van der Waals surface area (Å²) in [4.78, 5) is 0. The smallest absolute Gasteiger partial charge is 0.123 e. The molecule has 1 heterocycles. The molecule has 54 valence electrons. The fourth-order valence-electron chi connectivity index (χ4n) is 0.685. The van der Waals surface area contributed by atoms with Gasteiger partial charge in [0, 0.05) is 12.7 Å². The summed E-state index contributed by atoms with van der Waals surface area (Å²) in [5, 5.41) is 4.20. The molecule has 0 N–H and O–H groups in total. The molecule has 0 aromatic carbocycles. The lowest BCUT2D eigenvalue weighted by atomic mass is 10.4. The molecule has 0 saturated carbocycles. The molecule has 0 radical (unpaired) electrons. The van der Waals surface area contributed by atoms with E-state index in [0.717, 1.165) is 16.7 Å². The third-order valence-electron chi connectivity index (χ3n) is 1.17. The Labute approximate surface area is 74.1 Å². The maximum Gasteiger partial charge on any atom is 0.123 e. The molecule has 0 aliphatic rings. The minimum absolute atomic E-state index is 0.937. The fraction of sp³-hybridized carbons (Fsp3) is 0.286. The van der Waals surface area contributed by atoms with Crippen LogP contribution in [0.3, 0.4) is 0 Å². The van der Waals surface area contributed by atoms with Gasteiger partial charge in [0.15, 0.2) is 0 Å². The highest BCUT2D eigenvalue weighted by Gasteiger charge is 1.91. The SMILES string of the molecule is C=CCCn1ccc(I)n1. The Hall–Kier alpha value is -0.320. The van der Waals surface area contributed by atoms with Gasteiger partial charge < -0.3 is 0 Å². The van der Waals surface area contributed by atoms with E-state index in [1.54, 1.807) is 0 Å². The molecule has 1 aromatic rings. The maximum atomic E-state index is 4.20. The largest absolute Gasteiger partial charge is 0.271 e. The molecule has 0 aliphatic carbocycles. The lowest BCUT2D eigenvalue weighted by Crippen LogP contribution is -1.96. The summed E-state index contributed by atoms with van der Waals surface area (Å²) in [6.45, 7) is 4.58. The van der Waals surface area contributed by atoms with Gasteiger partial charge in [-0.2, -0.15) is 5.10 Å². The van der Waals surface area contributed by atoms with Crippen molar-refractivity contribution in [1.82, 2.24) is 9.78 Å². The van der Waals surface area contributed by atoms with Gasteiger partial charge in [-0.3, -0.25) is 4.68 Å². The van der Waals surface area contributed by atoms with Crippen molar-refractivity contribution in [3.63, 3.8) is 0 Å². The van der Waals surface area contributed by atoms with Gasteiger partial charge in [0.1, 0.15) is 3.70 Å². The molecular formula is C7H9IN2. The Bertz CT molecular complexity index is 217. The third kappa shape index (κ3) is 2.13. The molecule has 0 spiro atoms. The van der Waals surface area contributed by atoms with Crippen molar-refractivity contribution in [3.8, 4) is 0 Å². The van der Waals surface area contributed by atoms with E-state index in [0.29, 0.717) is 0 Å². The van der Waals surface area contributed by atoms with Crippen molar-refractivity contribution in [2.45, 2.75) is 13.0 Å². The van der Waals surface area contributed by atoms with E-state index >= 15 is 0 Å². The summed E-state index contributed by atoms with van der Waals surface area (Å²) in [6.07, 6.45) is 4.86. The van der Waals surface area contributed by atoms with Gasteiger partial charge in [-0.1, -0.05) is 6.08 Å². The van der Waals surface area contributed by atoms with Crippen LogP contribution < -0.4 is 0 Å². The van der Waals surface area contributed by atoms with E-state index in [9.17, 15) is 0 Å². The van der Waals surface area contributed by atoms with E-state index in [2.05, 4.69) is 34.3 Å². The summed E-state index contributed by atoms with van der Waals surface area (Å²) < 4.78 is 2.96. The molecule has 1 aromatic heterocycles. The van der Waals surface area contributed by atoms with Crippen molar-refractivity contribution in [2.75, 3.05) is 0 Å². The molecule has 2 nitrogen and oxygen atoms in total. The molecule has 0 amide bonds. The first kappa shape index (κ1) is 7.78. The highest BCUT2D eigenvalue weighted by molar-refractivity contribution is 14.1. The highest BCUT2D eigenvalue weighted by atomic mass is 127. The van der Waals surface area contributed by atoms with Crippen LogP contribution in [0.25, 0.3) is 0 Å². The van der Waals surface area contributed by atoms with Crippen molar-refractivity contribution in [2.24, 2.45) is 0 Å². The van der Waals surface area contributed by atoms with E-state index < -0.39 is 0 Å². The molecule has 0 aliphatic heterocycles. The zero-order valence-electron chi connectivity index (χ0n) is 5.63. The van der Waals surface area contributed by atoms with E-state index in [4.69, 9.17) is 0 Å². The Balaban J connectivity index is 2.49. The average Bonchev–Trinajstić information content (AvgIpc) is 2.31. The van der Waals surface area contributed by atoms with Crippen LogP contribution in [0.5, 0.6) is 0 Å². The molecular weight excluding hydrogens is 239 g/mol. The summed E-state index contributed by atoms with van der Waals surface area (Å²) in [5.41, 5.74) is 0. The van der Waals surface area contributed by atoms with E-state index in [-0.39, 0.29) is 0 Å². The molecule has 1 rings (SSSR count). The van der Waals surface area contributed by atoms with Crippen LogP contribution in [-0.2, 0) is 6.54 Å². The summed E-state index contributed by atoms with van der Waals surface area (Å²) in [6, 6.07) is 1.99. The van der Waals surface area contributed by atoms with Crippen LogP contribution in [0, 0.1) is 3.70 Å². The first-order valence-corrected chi connectivity index (χ1v) is 4.20. The van der Waals surface area contributed by atoms with Crippen LogP contribution in [0.4, 0.5) is 0 Å². The van der Waals surface area contributed by atoms with Gasteiger partial charge in [0.25, 0.3) is 0 Å². The van der Waals surface area contributed by atoms with Crippen LogP contribution in [0.15, 0.2) is 24.9 Å². The average molecular weight is 248 g/mol. The Morgan fingerprint density at radius 1 is 1.80 bits per heavy atom. The summed E-state index contributed by atoms with van der Waals surface area (Å²) in [7, 11) is 0. The quantitative estimate of drug-likeness (QED) is 0.591. The molecule has 0 bridgehead atoms. The number of hydrogen-bond acceptors (Lipinski definition) is 1. The highest BCUT2D eigenvalue weighted by Crippen LogP contribution is 1.99. The second kappa shape index (κ2) is 3.75. The minimum atomic E-state index is 0.937. The fourth-order valence-corrected chi connectivity index (χ4v) is 1.12. The van der Waals surface area contributed by atoms with Crippen molar-refractivity contribution < 1.29 is 0 Å². The number of nitrogens with zero attached hydrogens (tertiary/aromatic N) is 2. The normalized spacial score (nSPS) is 9.70. The maximum absolute atomic E-state index is 4.20. The predicted molar refractivity (Wildman–Crippen MR) is 49.8 cm³/mol. The van der Waals surface area contributed by atoms with Crippen LogP contribution in [-0.4, -0.2) is 9.78 Å². The van der Waals surface area contributed by atoms with Crippen molar-refractivity contribution in [1.29, 1.82) is 0 Å². The Morgan fingerprint density at radius 3 is 3.10 bits per heavy atom. The predicted octanol–water partition coefficient (Wildman–Crippen LogP) is 2.06. The first-order valence-electron chi connectivity index (χ1n) is 3.13. The molecule has 0 atom stereocenters. The monoisotopic (exact) mass is 248 g/mol. The molecule has 0 fully saturated rings. The van der Waals surface area contributed by atoms with E-state index in [1.165, 1.54) is 0 Å². The van der Waals surface area contributed by atoms with Crippen LogP contribution in [0.2, 0.25) is 0 Å². The van der Waals surface area contributed by atoms with Crippen molar-refractivity contribution >= 4 is 22.6 Å². The topological polar surface area (TPSA) is 17.8 Å². The summed E-state index contributed by atoms with van der Waals surface area (Å²) in [5.74, 6) is 0. The molecule has 10 heavy (non-hydrogen) atoms. The number of allylic oxidation sites excluding steroid dienone is 1. The number of halogens is 1. The third-order valence-corrected chi connectivity index (χ3v) is 1.75. The van der Waals surface area contributed by atoms with Gasteiger partial charge in [-0.15, -0.1) is 6.58 Å². The number of aryl methyl sites for hydroxylation is 1. The standard InChI is InChI=1S/C7H9IN2/c1-2-3-5-10-6-4-7(8)9-10/h2,4,6H,1,3,5H2. The second-order valence-corrected chi connectivity index (χ2v) is 3.08. The minimum Gasteiger partial charge on any atom is -0.271 e. The van der Waals surface area contributed by atoms with E-state index in [1.807, 2.05) is 23.0 Å². The summed E-state index contributed by atoms with van der Waals surface area (Å²) >= 11 is 2.19. The first-order chi connectivity index (χ1) is 4.83. The zero-order chi connectivity index (χ0) is 7.40. The van der Waals surface area contributed by atoms with Crippen LogP contribution >= 0.6 is 22.6 Å². The lowest BCUT2D eigenvalue weighted by Gasteiger charge is -1.94. The molecule has 0 unspecified atom stereocenters. The molecule has 0 saturated heterocycles. The van der Waals surface area contributed by atoms with Gasteiger partial charge in [0.05, 0.1) is 0 Å².